The molecule has 0 bridgehead atoms. The number of carbonyl (C=O) groups excluding carboxylic acids is 2. The molecular weight excluding hydrogens is 400 g/mol. The number of sulfonamides is 1. The van der Waals surface area contributed by atoms with E-state index in [0.29, 0.717) is 19.6 Å². The van der Waals surface area contributed by atoms with Gasteiger partial charge in [0.2, 0.25) is 5.91 Å². The Morgan fingerprint density at radius 3 is 2.18 bits per heavy atom. The van der Waals surface area contributed by atoms with E-state index in [0.717, 1.165) is 16.2 Å². The zero-order valence-electron chi connectivity index (χ0n) is 17.5. The highest BCUT2D eigenvalue weighted by molar-refractivity contribution is 7.91. The third-order valence-electron chi connectivity index (χ3n) is 3.87. The van der Waals surface area contributed by atoms with Crippen LogP contribution >= 0.6 is 11.3 Å². The van der Waals surface area contributed by atoms with Crippen molar-refractivity contribution in [1.82, 2.24) is 19.8 Å². The number of likely N-dealkylation sites (N-methyl/N-ethyl adjacent to an activating group) is 1. The summed E-state index contributed by atoms with van der Waals surface area (Å²) in [6.07, 6.45) is 0. The van der Waals surface area contributed by atoms with E-state index in [1.807, 2.05) is 20.8 Å². The quantitative estimate of drug-likeness (QED) is 0.625. The van der Waals surface area contributed by atoms with Crippen molar-refractivity contribution < 1.29 is 18.0 Å². The predicted molar refractivity (Wildman–Crippen MR) is 112 cm³/mol. The highest BCUT2D eigenvalue weighted by Gasteiger charge is 2.24. The molecule has 2 N–H and O–H groups in total. The molecule has 0 aliphatic heterocycles. The molecule has 10 heteroatoms. The zero-order chi connectivity index (χ0) is 21.5. The molecule has 0 saturated carbocycles. The van der Waals surface area contributed by atoms with Gasteiger partial charge in [-0.05, 0) is 39.8 Å². The molecule has 0 unspecified atom stereocenters. The first-order valence-corrected chi connectivity index (χ1v) is 11.6. The second-order valence-electron chi connectivity index (χ2n) is 7.28. The minimum atomic E-state index is -3.50. The van der Waals surface area contributed by atoms with Gasteiger partial charge in [0, 0.05) is 30.1 Å². The Hall–Kier alpha value is -1.65. The Balaban J connectivity index is 2.70. The van der Waals surface area contributed by atoms with Gasteiger partial charge in [-0.25, -0.2) is 13.2 Å². The van der Waals surface area contributed by atoms with Gasteiger partial charge in [0.25, 0.3) is 10.0 Å². The number of amides is 3. The normalized spacial score (nSPS) is 12.1. The average molecular weight is 433 g/mol. The van der Waals surface area contributed by atoms with Crippen molar-refractivity contribution in [3.05, 3.63) is 17.0 Å². The minimum absolute atomic E-state index is 0.0361. The molecule has 8 nitrogen and oxygen atoms in total. The Morgan fingerprint density at radius 2 is 1.68 bits per heavy atom. The molecule has 28 heavy (non-hydrogen) atoms. The highest BCUT2D eigenvalue weighted by Crippen LogP contribution is 2.24. The summed E-state index contributed by atoms with van der Waals surface area (Å²) >= 11 is 1.14. The molecule has 1 rings (SSSR count). The monoisotopic (exact) mass is 432 g/mol. The summed E-state index contributed by atoms with van der Waals surface area (Å²) in [5, 5.41) is 5.57. The summed E-state index contributed by atoms with van der Waals surface area (Å²) in [5.41, 5.74) is -0.364. The zero-order valence-corrected chi connectivity index (χ0v) is 19.2. The van der Waals surface area contributed by atoms with Crippen LogP contribution in [0.25, 0.3) is 0 Å². The van der Waals surface area contributed by atoms with Crippen molar-refractivity contribution in [3.8, 4) is 0 Å². The lowest BCUT2D eigenvalue weighted by molar-refractivity contribution is -0.123. The maximum atomic E-state index is 12.5. The standard InChI is InChI=1S/C18H32N4O4S2/c1-7-21(13-15(23)20-18(4,5)6)17(24)19-12-14-10-11-16(27-14)28(25,26)22(8-2)9-3/h10-11H,7-9,12-13H2,1-6H3,(H,19,24)(H,20,23). The maximum absolute atomic E-state index is 12.5. The van der Waals surface area contributed by atoms with E-state index in [1.54, 1.807) is 32.9 Å². The first-order valence-electron chi connectivity index (χ1n) is 9.37. The topological polar surface area (TPSA) is 98.8 Å². The lowest BCUT2D eigenvalue weighted by Crippen LogP contribution is -2.49. The molecule has 0 spiro atoms. The Labute approximate surface area is 172 Å². The molecule has 0 aliphatic carbocycles. The second-order valence-corrected chi connectivity index (χ2v) is 10.6. The van der Waals surface area contributed by atoms with Gasteiger partial charge in [0.1, 0.15) is 10.8 Å². The van der Waals surface area contributed by atoms with E-state index in [2.05, 4.69) is 10.6 Å². The van der Waals surface area contributed by atoms with E-state index < -0.39 is 10.0 Å². The predicted octanol–water partition coefficient (Wildman–Crippen LogP) is 2.22. The largest absolute Gasteiger partial charge is 0.350 e. The Bertz CT molecular complexity index is 765. The van der Waals surface area contributed by atoms with Crippen LogP contribution in [0.2, 0.25) is 0 Å². The van der Waals surface area contributed by atoms with Gasteiger partial charge in [0.05, 0.1) is 6.54 Å². The molecule has 0 radical (unpaired) electrons. The Kier molecular flexibility index (Phi) is 8.90. The van der Waals surface area contributed by atoms with Crippen LogP contribution in [0.15, 0.2) is 16.3 Å². The third kappa shape index (κ3) is 7.06. The summed E-state index contributed by atoms with van der Waals surface area (Å²) in [6.45, 7) is 12.4. The van der Waals surface area contributed by atoms with Crippen molar-refractivity contribution in [2.45, 2.75) is 57.8 Å². The smallest absolute Gasteiger partial charge is 0.318 e. The average Bonchev–Trinajstić information content (AvgIpc) is 3.06. The number of thiophene rings is 1. The molecule has 160 valence electrons. The van der Waals surface area contributed by atoms with Crippen LogP contribution in [0.5, 0.6) is 0 Å². The minimum Gasteiger partial charge on any atom is -0.350 e. The van der Waals surface area contributed by atoms with E-state index in [9.17, 15) is 18.0 Å². The van der Waals surface area contributed by atoms with E-state index in [1.165, 1.54) is 9.21 Å². The van der Waals surface area contributed by atoms with Crippen molar-refractivity contribution in [2.24, 2.45) is 0 Å². The van der Waals surface area contributed by atoms with Crippen molar-refractivity contribution in [3.63, 3.8) is 0 Å². The molecule has 1 aromatic rings. The summed E-state index contributed by atoms with van der Waals surface area (Å²) < 4.78 is 26.7. The molecule has 0 saturated heterocycles. The molecule has 3 amide bonds. The summed E-state index contributed by atoms with van der Waals surface area (Å²) in [7, 11) is -3.50. The van der Waals surface area contributed by atoms with Crippen LogP contribution in [-0.4, -0.2) is 61.3 Å². The fourth-order valence-electron chi connectivity index (χ4n) is 2.52. The number of rotatable bonds is 9. The van der Waals surface area contributed by atoms with Crippen molar-refractivity contribution >= 4 is 33.3 Å². The van der Waals surface area contributed by atoms with Gasteiger partial charge >= 0.3 is 6.03 Å². The van der Waals surface area contributed by atoms with Gasteiger partial charge in [-0.3, -0.25) is 4.79 Å². The number of nitrogens with zero attached hydrogens (tertiary/aromatic N) is 2. The number of urea groups is 1. The molecule has 0 aliphatic rings. The van der Waals surface area contributed by atoms with Gasteiger partial charge in [0.15, 0.2) is 0 Å². The third-order valence-corrected chi connectivity index (χ3v) is 7.47. The fraction of sp³-hybridized carbons (Fsp3) is 0.667. The summed E-state index contributed by atoms with van der Waals surface area (Å²) in [4.78, 5) is 26.5. The number of carbonyl (C=O) groups is 2. The van der Waals surface area contributed by atoms with Gasteiger partial charge < -0.3 is 15.5 Å². The molecule has 1 heterocycles. The molecule has 0 fully saturated rings. The fourth-order valence-corrected chi connectivity index (χ4v) is 5.42. The first-order chi connectivity index (χ1) is 12.9. The van der Waals surface area contributed by atoms with E-state index >= 15 is 0 Å². The number of hydrogen-bond acceptors (Lipinski definition) is 5. The maximum Gasteiger partial charge on any atom is 0.318 e. The van der Waals surface area contributed by atoms with Crippen LogP contribution in [0.3, 0.4) is 0 Å². The van der Waals surface area contributed by atoms with Crippen molar-refractivity contribution in [1.29, 1.82) is 0 Å². The SMILES string of the molecule is CCN(CC(=O)NC(C)(C)C)C(=O)NCc1ccc(S(=O)(=O)N(CC)CC)s1. The van der Waals surface area contributed by atoms with Gasteiger partial charge in [-0.1, -0.05) is 13.8 Å². The molecule has 0 aromatic carbocycles. The van der Waals surface area contributed by atoms with Crippen LogP contribution in [0.1, 0.15) is 46.4 Å². The van der Waals surface area contributed by atoms with E-state index in [-0.39, 0.29) is 34.8 Å². The number of hydrogen-bond donors (Lipinski definition) is 2. The van der Waals surface area contributed by atoms with E-state index in [4.69, 9.17) is 0 Å². The first kappa shape index (κ1) is 24.4. The second kappa shape index (κ2) is 10.2. The number of nitrogens with one attached hydrogen (secondary N) is 2. The highest BCUT2D eigenvalue weighted by atomic mass is 32.2. The molecule has 1 aromatic heterocycles. The van der Waals surface area contributed by atoms with Crippen LogP contribution in [0, 0.1) is 0 Å². The van der Waals surface area contributed by atoms with Crippen LogP contribution in [-0.2, 0) is 21.4 Å². The van der Waals surface area contributed by atoms with Gasteiger partial charge in [-0.15, -0.1) is 11.3 Å². The Morgan fingerprint density at radius 1 is 1.07 bits per heavy atom. The van der Waals surface area contributed by atoms with Gasteiger partial charge in [-0.2, -0.15) is 4.31 Å². The lowest BCUT2D eigenvalue weighted by atomic mass is 10.1. The summed E-state index contributed by atoms with van der Waals surface area (Å²) in [5.74, 6) is -0.228. The molecular formula is C18H32N4O4S2. The van der Waals surface area contributed by atoms with Crippen LogP contribution in [0.4, 0.5) is 4.79 Å². The molecule has 0 atom stereocenters. The van der Waals surface area contributed by atoms with Crippen LogP contribution < -0.4 is 10.6 Å². The van der Waals surface area contributed by atoms with Crippen molar-refractivity contribution in [2.75, 3.05) is 26.2 Å². The lowest BCUT2D eigenvalue weighted by Gasteiger charge is -2.25. The summed E-state index contributed by atoms with van der Waals surface area (Å²) in [6, 6.07) is 2.89.